The Balaban J connectivity index is 2.31. The van der Waals surface area contributed by atoms with E-state index in [1.807, 2.05) is 11.0 Å². The van der Waals surface area contributed by atoms with Crippen molar-refractivity contribution in [2.45, 2.75) is 51.6 Å². The molecule has 0 saturated carbocycles. The minimum absolute atomic E-state index is 0.0565. The lowest BCUT2D eigenvalue weighted by Crippen LogP contribution is -2.50. The molecule has 2 unspecified atom stereocenters. The number of rotatable bonds is 8. The van der Waals surface area contributed by atoms with E-state index in [4.69, 9.17) is 16.7 Å². The Bertz CT molecular complexity index is 596. The fourth-order valence-corrected chi connectivity index (χ4v) is 4.36. The van der Waals surface area contributed by atoms with Gasteiger partial charge in [-0.1, -0.05) is 25.4 Å². The number of carbonyl (C=O) groups is 2. The molecule has 2 heterocycles. The average molecular weight is 385 g/mol. The average Bonchev–Trinajstić information content (AvgIpc) is 2.59. The van der Waals surface area contributed by atoms with Gasteiger partial charge in [0.25, 0.3) is 0 Å². The standard InChI is InChI=1S/C18H25ClN2O3S/c1-3-14(11-25-4-2)21-16(15-7-6-13(19)10-20-15)8-5-12(18(21)24)9-17(22)23/h6-7,10,12,14,16H,3-5,8-9,11H2,1-2H3,(H,22,23)/t12?,14-,16?/m0/s1. The summed E-state index contributed by atoms with van der Waals surface area (Å²) in [5.41, 5.74) is 0.825. The highest BCUT2D eigenvalue weighted by Gasteiger charge is 2.40. The van der Waals surface area contributed by atoms with Crippen molar-refractivity contribution in [2.75, 3.05) is 11.5 Å². The fourth-order valence-electron chi connectivity index (χ4n) is 3.34. The number of carboxylic acid groups (broad SMARTS) is 1. The molecule has 1 aliphatic heterocycles. The number of nitrogens with zero attached hydrogens (tertiary/aromatic N) is 2. The first-order valence-electron chi connectivity index (χ1n) is 8.71. The van der Waals surface area contributed by atoms with Gasteiger partial charge in [-0.25, -0.2) is 0 Å². The van der Waals surface area contributed by atoms with Crippen molar-refractivity contribution in [1.82, 2.24) is 9.88 Å². The predicted molar refractivity (Wildman–Crippen MR) is 101 cm³/mol. The summed E-state index contributed by atoms with van der Waals surface area (Å²) >= 11 is 7.74. The molecule has 138 valence electrons. The van der Waals surface area contributed by atoms with Crippen molar-refractivity contribution in [2.24, 2.45) is 5.92 Å². The van der Waals surface area contributed by atoms with E-state index in [0.29, 0.717) is 11.4 Å². The van der Waals surface area contributed by atoms with Gasteiger partial charge in [-0.2, -0.15) is 11.8 Å². The largest absolute Gasteiger partial charge is 0.481 e. The van der Waals surface area contributed by atoms with Gasteiger partial charge >= 0.3 is 5.97 Å². The minimum atomic E-state index is -0.919. The third kappa shape index (κ3) is 5.11. The van der Waals surface area contributed by atoms with Crippen LogP contribution >= 0.6 is 23.4 Å². The molecular formula is C18H25ClN2O3S. The smallest absolute Gasteiger partial charge is 0.304 e. The highest BCUT2D eigenvalue weighted by molar-refractivity contribution is 7.99. The molecule has 0 radical (unpaired) electrons. The van der Waals surface area contributed by atoms with Crippen LogP contribution in [-0.2, 0) is 9.59 Å². The van der Waals surface area contributed by atoms with E-state index in [1.165, 1.54) is 0 Å². The molecule has 0 bridgehead atoms. The van der Waals surface area contributed by atoms with Crippen molar-refractivity contribution in [3.63, 3.8) is 0 Å². The molecule has 0 aliphatic carbocycles. The second-order valence-electron chi connectivity index (χ2n) is 6.26. The Labute approximate surface area is 158 Å². The Morgan fingerprint density at radius 1 is 1.44 bits per heavy atom. The van der Waals surface area contributed by atoms with Crippen molar-refractivity contribution in [3.8, 4) is 0 Å². The van der Waals surface area contributed by atoms with Gasteiger partial charge in [0.05, 0.1) is 23.2 Å². The normalized spacial score (nSPS) is 22.0. The van der Waals surface area contributed by atoms with Crippen LogP contribution in [0.15, 0.2) is 18.3 Å². The maximum absolute atomic E-state index is 13.1. The lowest BCUT2D eigenvalue weighted by molar-refractivity contribution is -0.151. The molecule has 1 aromatic heterocycles. The van der Waals surface area contributed by atoms with Crippen LogP contribution in [0.5, 0.6) is 0 Å². The predicted octanol–water partition coefficient (Wildman–Crippen LogP) is 4.02. The lowest BCUT2D eigenvalue weighted by Gasteiger charge is -2.43. The van der Waals surface area contributed by atoms with Crippen molar-refractivity contribution < 1.29 is 14.7 Å². The number of pyridine rings is 1. The molecule has 0 aromatic carbocycles. The van der Waals surface area contributed by atoms with Gasteiger partial charge in [-0.05, 0) is 37.1 Å². The van der Waals surface area contributed by atoms with Crippen LogP contribution in [0.25, 0.3) is 0 Å². The summed E-state index contributed by atoms with van der Waals surface area (Å²) in [7, 11) is 0. The van der Waals surface area contributed by atoms with Gasteiger partial charge in [0.2, 0.25) is 5.91 Å². The first-order chi connectivity index (χ1) is 12.0. The Morgan fingerprint density at radius 2 is 2.20 bits per heavy atom. The molecule has 1 fully saturated rings. The molecular weight excluding hydrogens is 360 g/mol. The number of likely N-dealkylation sites (tertiary alicyclic amines) is 1. The summed E-state index contributed by atoms with van der Waals surface area (Å²) in [6.45, 7) is 4.17. The molecule has 2 rings (SSSR count). The maximum Gasteiger partial charge on any atom is 0.304 e. The fraction of sp³-hybridized carbons (Fsp3) is 0.611. The number of carboxylic acids is 1. The van der Waals surface area contributed by atoms with E-state index < -0.39 is 11.9 Å². The minimum Gasteiger partial charge on any atom is -0.481 e. The summed E-state index contributed by atoms with van der Waals surface area (Å²) in [5.74, 6) is 0.418. The van der Waals surface area contributed by atoms with Crippen LogP contribution < -0.4 is 0 Å². The lowest BCUT2D eigenvalue weighted by atomic mass is 9.86. The summed E-state index contributed by atoms with van der Waals surface area (Å²) in [5, 5.41) is 9.68. The Hall–Kier alpha value is -1.27. The maximum atomic E-state index is 13.1. The van der Waals surface area contributed by atoms with Crippen LogP contribution in [0.4, 0.5) is 0 Å². The van der Waals surface area contributed by atoms with E-state index in [2.05, 4.69) is 18.8 Å². The Morgan fingerprint density at radius 3 is 2.76 bits per heavy atom. The number of aliphatic carboxylic acids is 1. The summed E-state index contributed by atoms with van der Waals surface area (Å²) in [6.07, 6.45) is 3.64. The van der Waals surface area contributed by atoms with Crippen LogP contribution in [0.1, 0.15) is 51.3 Å². The van der Waals surface area contributed by atoms with Gasteiger partial charge in [-0.15, -0.1) is 0 Å². The highest BCUT2D eigenvalue weighted by Crippen LogP contribution is 2.37. The molecule has 1 aliphatic rings. The van der Waals surface area contributed by atoms with E-state index in [-0.39, 0.29) is 24.4 Å². The summed E-state index contributed by atoms with van der Waals surface area (Å²) in [6, 6.07) is 3.62. The first kappa shape index (κ1) is 20.0. The number of amides is 1. The number of piperidine rings is 1. The third-order valence-electron chi connectivity index (χ3n) is 4.62. The molecule has 1 N–H and O–H groups in total. The van der Waals surface area contributed by atoms with Gasteiger partial charge in [0, 0.05) is 23.9 Å². The van der Waals surface area contributed by atoms with Gasteiger partial charge in [0.1, 0.15) is 0 Å². The van der Waals surface area contributed by atoms with E-state index in [0.717, 1.165) is 30.0 Å². The van der Waals surface area contributed by atoms with Crippen LogP contribution in [0, 0.1) is 5.92 Å². The monoisotopic (exact) mass is 384 g/mol. The second-order valence-corrected chi connectivity index (χ2v) is 8.01. The number of aromatic nitrogens is 1. The SMILES string of the molecule is CCSC[C@H](CC)N1C(=O)C(CC(=O)O)CCC1c1ccc(Cl)cn1. The van der Waals surface area contributed by atoms with Gasteiger partial charge < -0.3 is 10.0 Å². The first-order valence-corrected chi connectivity index (χ1v) is 10.2. The van der Waals surface area contributed by atoms with Crippen molar-refractivity contribution in [1.29, 1.82) is 0 Å². The van der Waals surface area contributed by atoms with Crippen LogP contribution in [-0.4, -0.2) is 44.4 Å². The van der Waals surface area contributed by atoms with E-state index in [1.54, 1.807) is 24.0 Å². The topological polar surface area (TPSA) is 70.5 Å². The third-order valence-corrected chi connectivity index (χ3v) is 5.87. The molecule has 0 spiro atoms. The van der Waals surface area contributed by atoms with E-state index >= 15 is 0 Å². The van der Waals surface area contributed by atoms with Crippen LogP contribution in [0.3, 0.4) is 0 Å². The van der Waals surface area contributed by atoms with E-state index in [9.17, 15) is 9.59 Å². The van der Waals surface area contributed by atoms with Gasteiger partial charge in [0.15, 0.2) is 0 Å². The summed E-state index contributed by atoms with van der Waals surface area (Å²) in [4.78, 5) is 30.5. The second kappa shape index (κ2) is 9.43. The molecule has 25 heavy (non-hydrogen) atoms. The van der Waals surface area contributed by atoms with Crippen LogP contribution in [0.2, 0.25) is 5.02 Å². The molecule has 5 nitrogen and oxygen atoms in total. The number of hydrogen-bond donors (Lipinski definition) is 1. The van der Waals surface area contributed by atoms with Crippen molar-refractivity contribution in [3.05, 3.63) is 29.0 Å². The molecule has 1 saturated heterocycles. The quantitative estimate of drug-likeness (QED) is 0.732. The molecule has 3 atom stereocenters. The van der Waals surface area contributed by atoms with Crippen molar-refractivity contribution >= 4 is 35.2 Å². The molecule has 1 aromatic rings. The number of hydrogen-bond acceptors (Lipinski definition) is 4. The zero-order valence-corrected chi connectivity index (χ0v) is 16.2. The number of halogens is 1. The zero-order valence-electron chi connectivity index (χ0n) is 14.7. The molecule has 1 amide bonds. The Kier molecular flexibility index (Phi) is 7.56. The number of thioether (sulfide) groups is 1. The number of carbonyl (C=O) groups excluding carboxylic acids is 1. The summed E-state index contributed by atoms with van der Waals surface area (Å²) < 4.78 is 0. The highest BCUT2D eigenvalue weighted by atomic mass is 35.5. The zero-order chi connectivity index (χ0) is 18.4. The van der Waals surface area contributed by atoms with Gasteiger partial charge in [-0.3, -0.25) is 14.6 Å². The molecule has 7 heteroatoms.